The van der Waals surface area contributed by atoms with E-state index in [-0.39, 0.29) is 22.6 Å². The summed E-state index contributed by atoms with van der Waals surface area (Å²) >= 11 is 0. The fraction of sp³-hybridized carbons (Fsp3) is 0.650. The van der Waals surface area contributed by atoms with Gasteiger partial charge in [-0.05, 0) is 45.1 Å². The summed E-state index contributed by atoms with van der Waals surface area (Å²) in [5, 5.41) is 10.7. The number of nitro groups is 1. The number of nitrogens with zero attached hydrogens (tertiary/aromatic N) is 2. The minimum atomic E-state index is -0.378. The highest BCUT2D eigenvalue weighted by molar-refractivity contribution is 5.76. The largest absolute Gasteiger partial charge is 0.340 e. The fourth-order valence-corrected chi connectivity index (χ4v) is 3.12. The SMILES string of the molecule is CCCCCCC(=O)N(CC)C(C)CCCc1ccc([N+](=O)[O-])cc1. The lowest BCUT2D eigenvalue weighted by Crippen LogP contribution is -2.38. The number of hydrogen-bond donors (Lipinski definition) is 0. The van der Waals surface area contributed by atoms with Crippen molar-refractivity contribution >= 4 is 11.6 Å². The van der Waals surface area contributed by atoms with Gasteiger partial charge in [0.15, 0.2) is 0 Å². The normalized spacial score (nSPS) is 12.0. The van der Waals surface area contributed by atoms with Gasteiger partial charge in [-0.15, -0.1) is 0 Å². The highest BCUT2D eigenvalue weighted by Gasteiger charge is 2.17. The first-order valence-corrected chi connectivity index (χ1v) is 9.52. The van der Waals surface area contributed by atoms with Crippen LogP contribution in [0.25, 0.3) is 0 Å². The smallest absolute Gasteiger partial charge is 0.269 e. The topological polar surface area (TPSA) is 63.5 Å². The molecular formula is C20H32N2O3. The molecule has 25 heavy (non-hydrogen) atoms. The maximum absolute atomic E-state index is 12.4. The van der Waals surface area contributed by atoms with E-state index >= 15 is 0 Å². The Morgan fingerprint density at radius 2 is 1.80 bits per heavy atom. The summed E-state index contributed by atoms with van der Waals surface area (Å²) in [4.78, 5) is 24.7. The molecule has 0 N–H and O–H groups in total. The van der Waals surface area contributed by atoms with Gasteiger partial charge in [0.25, 0.3) is 5.69 Å². The zero-order valence-electron chi connectivity index (χ0n) is 15.9. The van der Waals surface area contributed by atoms with Crippen LogP contribution in [-0.4, -0.2) is 28.3 Å². The van der Waals surface area contributed by atoms with E-state index in [4.69, 9.17) is 0 Å². The zero-order valence-corrected chi connectivity index (χ0v) is 15.9. The Hall–Kier alpha value is -1.91. The molecule has 0 saturated carbocycles. The predicted molar refractivity (Wildman–Crippen MR) is 102 cm³/mol. The number of non-ortho nitro benzene ring substituents is 1. The number of carbonyl (C=O) groups excluding carboxylic acids is 1. The van der Waals surface area contributed by atoms with Crippen LogP contribution in [0.1, 0.15) is 71.3 Å². The third-order valence-electron chi connectivity index (χ3n) is 4.67. The van der Waals surface area contributed by atoms with Crippen LogP contribution < -0.4 is 0 Å². The summed E-state index contributed by atoms with van der Waals surface area (Å²) < 4.78 is 0. The van der Waals surface area contributed by atoms with Crippen molar-refractivity contribution < 1.29 is 9.72 Å². The minimum absolute atomic E-state index is 0.128. The lowest BCUT2D eigenvalue weighted by molar-refractivity contribution is -0.384. The van der Waals surface area contributed by atoms with Crippen LogP contribution in [0.15, 0.2) is 24.3 Å². The molecule has 0 bridgehead atoms. The second kappa shape index (κ2) is 11.6. The summed E-state index contributed by atoms with van der Waals surface area (Å²) in [5.74, 6) is 0.265. The summed E-state index contributed by atoms with van der Waals surface area (Å²) in [6.07, 6.45) is 7.96. The number of carbonyl (C=O) groups is 1. The molecular weight excluding hydrogens is 316 g/mol. The van der Waals surface area contributed by atoms with Crippen molar-refractivity contribution in [3.63, 3.8) is 0 Å². The second-order valence-corrected chi connectivity index (χ2v) is 6.66. The number of amides is 1. The van der Waals surface area contributed by atoms with E-state index < -0.39 is 0 Å². The standard InChI is InChI=1S/C20H32N2O3/c1-4-6-7-8-12-20(23)21(5-2)17(3)10-9-11-18-13-15-19(16-14-18)22(24)25/h13-17H,4-12H2,1-3H3. The molecule has 1 rings (SSSR count). The Labute approximate surface area is 151 Å². The number of unbranched alkanes of at least 4 members (excludes halogenated alkanes) is 3. The van der Waals surface area contributed by atoms with E-state index in [0.717, 1.165) is 44.2 Å². The summed E-state index contributed by atoms with van der Waals surface area (Å²) in [5.41, 5.74) is 1.23. The predicted octanol–water partition coefficient (Wildman–Crippen LogP) is 5.12. The molecule has 0 aliphatic heterocycles. The van der Waals surface area contributed by atoms with Crippen molar-refractivity contribution in [1.29, 1.82) is 0 Å². The van der Waals surface area contributed by atoms with E-state index in [1.54, 1.807) is 12.1 Å². The molecule has 0 fully saturated rings. The van der Waals surface area contributed by atoms with Crippen LogP contribution in [0.4, 0.5) is 5.69 Å². The van der Waals surface area contributed by atoms with Crippen molar-refractivity contribution in [2.24, 2.45) is 0 Å². The van der Waals surface area contributed by atoms with Crippen molar-refractivity contribution in [3.8, 4) is 0 Å². The third kappa shape index (κ3) is 7.67. The molecule has 1 atom stereocenters. The molecule has 0 aliphatic carbocycles. The molecule has 0 heterocycles. The maximum Gasteiger partial charge on any atom is 0.269 e. The van der Waals surface area contributed by atoms with E-state index in [9.17, 15) is 14.9 Å². The fourth-order valence-electron chi connectivity index (χ4n) is 3.12. The van der Waals surface area contributed by atoms with Gasteiger partial charge in [-0.1, -0.05) is 38.3 Å². The summed E-state index contributed by atoms with van der Waals surface area (Å²) in [6, 6.07) is 6.98. The Kier molecular flexibility index (Phi) is 9.81. The number of aryl methyl sites for hydroxylation is 1. The molecule has 0 aromatic heterocycles. The van der Waals surface area contributed by atoms with E-state index in [1.807, 2.05) is 24.0 Å². The van der Waals surface area contributed by atoms with Gasteiger partial charge in [0, 0.05) is 31.1 Å². The first kappa shape index (κ1) is 21.1. The Balaban J connectivity index is 2.38. The minimum Gasteiger partial charge on any atom is -0.340 e. The van der Waals surface area contributed by atoms with Crippen molar-refractivity contribution in [2.45, 2.75) is 78.2 Å². The number of benzene rings is 1. The number of rotatable bonds is 12. The first-order valence-electron chi connectivity index (χ1n) is 9.52. The molecule has 1 amide bonds. The van der Waals surface area contributed by atoms with Crippen LogP contribution in [0.5, 0.6) is 0 Å². The van der Waals surface area contributed by atoms with Crippen molar-refractivity contribution in [2.75, 3.05) is 6.54 Å². The average molecular weight is 348 g/mol. The molecule has 0 saturated heterocycles. The molecule has 0 radical (unpaired) electrons. The van der Waals surface area contributed by atoms with Gasteiger partial charge in [-0.3, -0.25) is 14.9 Å². The van der Waals surface area contributed by atoms with E-state index in [2.05, 4.69) is 13.8 Å². The molecule has 140 valence electrons. The summed E-state index contributed by atoms with van der Waals surface area (Å²) in [6.45, 7) is 7.08. The van der Waals surface area contributed by atoms with Crippen LogP contribution in [-0.2, 0) is 11.2 Å². The highest BCUT2D eigenvalue weighted by Crippen LogP contribution is 2.16. The van der Waals surface area contributed by atoms with Gasteiger partial charge < -0.3 is 4.90 Å². The van der Waals surface area contributed by atoms with E-state index in [0.29, 0.717) is 6.42 Å². The monoisotopic (exact) mass is 348 g/mol. The van der Waals surface area contributed by atoms with Gasteiger partial charge >= 0.3 is 0 Å². The van der Waals surface area contributed by atoms with Crippen molar-refractivity contribution in [1.82, 2.24) is 4.90 Å². The van der Waals surface area contributed by atoms with Gasteiger partial charge in [0.1, 0.15) is 0 Å². The Morgan fingerprint density at radius 1 is 1.12 bits per heavy atom. The van der Waals surface area contributed by atoms with Crippen LogP contribution in [0.2, 0.25) is 0 Å². The molecule has 5 heteroatoms. The maximum atomic E-state index is 12.4. The molecule has 0 spiro atoms. The average Bonchev–Trinajstić information content (AvgIpc) is 2.60. The lowest BCUT2D eigenvalue weighted by Gasteiger charge is -2.28. The van der Waals surface area contributed by atoms with Crippen LogP contribution in [0, 0.1) is 10.1 Å². The van der Waals surface area contributed by atoms with Gasteiger partial charge in [-0.25, -0.2) is 0 Å². The van der Waals surface area contributed by atoms with Gasteiger partial charge in [0.05, 0.1) is 4.92 Å². The third-order valence-corrected chi connectivity index (χ3v) is 4.67. The van der Waals surface area contributed by atoms with Gasteiger partial charge in [-0.2, -0.15) is 0 Å². The quantitative estimate of drug-likeness (QED) is 0.299. The molecule has 1 unspecified atom stereocenters. The Morgan fingerprint density at radius 3 is 2.36 bits per heavy atom. The van der Waals surface area contributed by atoms with Crippen LogP contribution in [0.3, 0.4) is 0 Å². The molecule has 5 nitrogen and oxygen atoms in total. The van der Waals surface area contributed by atoms with E-state index in [1.165, 1.54) is 12.8 Å². The number of nitro benzene ring substituents is 1. The number of hydrogen-bond acceptors (Lipinski definition) is 3. The van der Waals surface area contributed by atoms with Crippen LogP contribution >= 0.6 is 0 Å². The van der Waals surface area contributed by atoms with Crippen molar-refractivity contribution in [3.05, 3.63) is 39.9 Å². The molecule has 1 aromatic rings. The Bertz CT molecular complexity index is 528. The first-order chi connectivity index (χ1) is 12.0. The zero-order chi connectivity index (χ0) is 18.7. The second-order valence-electron chi connectivity index (χ2n) is 6.66. The van der Waals surface area contributed by atoms with Gasteiger partial charge in [0.2, 0.25) is 5.91 Å². The lowest BCUT2D eigenvalue weighted by atomic mass is 10.0. The summed E-state index contributed by atoms with van der Waals surface area (Å²) in [7, 11) is 0. The molecule has 1 aromatic carbocycles. The molecule has 0 aliphatic rings. The highest BCUT2D eigenvalue weighted by atomic mass is 16.6.